The first-order chi connectivity index (χ1) is 11.3. The average Bonchev–Trinajstić information content (AvgIpc) is 2.62. The fourth-order valence-electron chi connectivity index (χ4n) is 3.98. The van der Waals surface area contributed by atoms with Crippen molar-refractivity contribution < 1.29 is 4.79 Å². The molecule has 2 aliphatic heterocycles. The van der Waals surface area contributed by atoms with Gasteiger partial charge in [-0.3, -0.25) is 14.8 Å². The van der Waals surface area contributed by atoms with Gasteiger partial charge in [-0.2, -0.15) is 0 Å². The quantitative estimate of drug-likeness (QED) is 0.877. The summed E-state index contributed by atoms with van der Waals surface area (Å²) in [5.41, 5.74) is 2.63. The second kappa shape index (κ2) is 5.89. The maximum absolute atomic E-state index is 12.9. The van der Waals surface area contributed by atoms with Crippen LogP contribution in [0.2, 0.25) is 0 Å². The molecule has 0 radical (unpaired) electrons. The van der Waals surface area contributed by atoms with E-state index in [9.17, 15) is 4.79 Å². The number of carbonyl (C=O) groups excluding carboxylic acids is 1. The van der Waals surface area contributed by atoms with E-state index in [1.54, 1.807) is 12.4 Å². The summed E-state index contributed by atoms with van der Waals surface area (Å²) >= 11 is 0. The van der Waals surface area contributed by atoms with E-state index in [1.165, 1.54) is 12.8 Å². The van der Waals surface area contributed by atoms with E-state index < -0.39 is 0 Å². The number of para-hydroxylation sites is 1. The lowest BCUT2D eigenvalue weighted by molar-refractivity contribution is 0.0497. The highest BCUT2D eigenvalue weighted by Gasteiger charge is 2.37. The van der Waals surface area contributed by atoms with Crippen LogP contribution < -0.4 is 5.32 Å². The number of carbonyl (C=O) groups is 1. The molecule has 1 spiro atoms. The third-order valence-corrected chi connectivity index (χ3v) is 5.50. The van der Waals surface area contributed by atoms with E-state index in [0.29, 0.717) is 16.5 Å². The largest absolute Gasteiger partial charge is 0.339 e. The van der Waals surface area contributed by atoms with Gasteiger partial charge in [0.25, 0.3) is 5.91 Å². The second-order valence-corrected chi connectivity index (χ2v) is 6.77. The fourth-order valence-corrected chi connectivity index (χ4v) is 3.98. The number of aromatic nitrogens is 2. The van der Waals surface area contributed by atoms with Crippen molar-refractivity contribution in [2.24, 2.45) is 5.41 Å². The molecule has 23 heavy (non-hydrogen) atoms. The molecule has 5 heteroatoms. The Morgan fingerprint density at radius 1 is 1.04 bits per heavy atom. The van der Waals surface area contributed by atoms with Gasteiger partial charge < -0.3 is 10.2 Å². The number of hydrogen-bond acceptors (Lipinski definition) is 4. The van der Waals surface area contributed by atoms with E-state index in [2.05, 4.69) is 15.3 Å². The lowest BCUT2D eigenvalue weighted by Gasteiger charge is -2.44. The van der Waals surface area contributed by atoms with Crippen LogP contribution in [0.1, 0.15) is 36.0 Å². The molecule has 1 amide bonds. The maximum Gasteiger partial charge on any atom is 0.256 e. The minimum Gasteiger partial charge on any atom is -0.339 e. The number of nitrogens with one attached hydrogen (secondary N) is 1. The Kier molecular flexibility index (Phi) is 3.73. The molecule has 0 bridgehead atoms. The SMILES string of the molecule is O=C(c1cccc2nccnc12)N1CCC2(CCNCC2)CC1. The van der Waals surface area contributed by atoms with E-state index in [4.69, 9.17) is 0 Å². The highest BCUT2D eigenvalue weighted by Crippen LogP contribution is 2.39. The third kappa shape index (κ3) is 2.70. The molecular formula is C18H22N4O. The predicted octanol–water partition coefficient (Wildman–Crippen LogP) is 2.24. The summed E-state index contributed by atoms with van der Waals surface area (Å²) in [7, 11) is 0. The van der Waals surface area contributed by atoms with Gasteiger partial charge in [-0.1, -0.05) is 6.07 Å². The van der Waals surface area contributed by atoms with Crippen LogP contribution in [-0.2, 0) is 0 Å². The molecule has 0 atom stereocenters. The number of hydrogen-bond donors (Lipinski definition) is 1. The van der Waals surface area contributed by atoms with Crippen LogP contribution in [-0.4, -0.2) is 47.0 Å². The molecule has 0 unspecified atom stereocenters. The van der Waals surface area contributed by atoms with Gasteiger partial charge in [-0.25, -0.2) is 0 Å². The average molecular weight is 310 g/mol. The molecule has 120 valence electrons. The van der Waals surface area contributed by atoms with Crippen molar-refractivity contribution >= 4 is 16.9 Å². The summed E-state index contributed by atoms with van der Waals surface area (Å²) in [6.07, 6.45) is 8.05. The summed E-state index contributed by atoms with van der Waals surface area (Å²) in [5, 5.41) is 3.44. The first kappa shape index (κ1) is 14.6. The van der Waals surface area contributed by atoms with Crippen molar-refractivity contribution in [1.82, 2.24) is 20.2 Å². The van der Waals surface area contributed by atoms with Crippen molar-refractivity contribution in [2.75, 3.05) is 26.2 Å². The summed E-state index contributed by atoms with van der Waals surface area (Å²) < 4.78 is 0. The molecule has 1 aromatic heterocycles. The predicted molar refractivity (Wildman–Crippen MR) is 89.2 cm³/mol. The van der Waals surface area contributed by atoms with Crippen LogP contribution in [0.4, 0.5) is 0 Å². The lowest BCUT2D eigenvalue weighted by Crippen LogP contribution is -2.47. The Labute approximate surface area is 136 Å². The van der Waals surface area contributed by atoms with E-state index in [-0.39, 0.29) is 5.91 Å². The summed E-state index contributed by atoms with van der Waals surface area (Å²) in [6, 6.07) is 5.66. The smallest absolute Gasteiger partial charge is 0.256 e. The molecular weight excluding hydrogens is 288 g/mol. The molecule has 2 saturated heterocycles. The van der Waals surface area contributed by atoms with E-state index >= 15 is 0 Å². The molecule has 1 aromatic carbocycles. The minimum absolute atomic E-state index is 0.0971. The Morgan fingerprint density at radius 2 is 1.78 bits per heavy atom. The molecule has 5 nitrogen and oxygen atoms in total. The highest BCUT2D eigenvalue weighted by atomic mass is 16.2. The molecule has 0 saturated carbocycles. The van der Waals surface area contributed by atoms with Gasteiger partial charge in [0.2, 0.25) is 0 Å². The number of rotatable bonds is 1. The normalized spacial score (nSPS) is 20.8. The van der Waals surface area contributed by atoms with Gasteiger partial charge in [0.15, 0.2) is 0 Å². The number of likely N-dealkylation sites (tertiary alicyclic amines) is 1. The van der Waals surface area contributed by atoms with Crippen molar-refractivity contribution in [3.63, 3.8) is 0 Å². The Bertz CT molecular complexity index is 709. The fraction of sp³-hybridized carbons (Fsp3) is 0.500. The number of fused-ring (bicyclic) bond motifs is 1. The standard InChI is InChI=1S/C18H22N4O/c23-17(14-2-1-3-15-16(14)21-11-10-20-15)22-12-6-18(7-13-22)4-8-19-9-5-18/h1-3,10-11,19H,4-9,12-13H2. The van der Waals surface area contributed by atoms with Gasteiger partial charge in [-0.15, -0.1) is 0 Å². The monoisotopic (exact) mass is 310 g/mol. The maximum atomic E-state index is 12.9. The van der Waals surface area contributed by atoms with Gasteiger partial charge in [0.1, 0.15) is 5.52 Å². The van der Waals surface area contributed by atoms with Gasteiger partial charge in [-0.05, 0) is 56.3 Å². The topological polar surface area (TPSA) is 58.1 Å². The van der Waals surface area contributed by atoms with Crippen LogP contribution in [0.3, 0.4) is 0 Å². The number of amides is 1. The minimum atomic E-state index is 0.0971. The van der Waals surface area contributed by atoms with E-state index in [0.717, 1.165) is 44.5 Å². The number of benzene rings is 1. The zero-order chi connectivity index (χ0) is 15.7. The van der Waals surface area contributed by atoms with Crippen molar-refractivity contribution in [3.8, 4) is 0 Å². The number of piperidine rings is 2. The van der Waals surface area contributed by atoms with E-state index in [1.807, 2.05) is 23.1 Å². The van der Waals surface area contributed by atoms with Crippen molar-refractivity contribution in [2.45, 2.75) is 25.7 Å². The van der Waals surface area contributed by atoms with Gasteiger partial charge >= 0.3 is 0 Å². The Morgan fingerprint density at radius 3 is 2.57 bits per heavy atom. The second-order valence-electron chi connectivity index (χ2n) is 6.77. The molecule has 1 N–H and O–H groups in total. The highest BCUT2D eigenvalue weighted by molar-refractivity contribution is 6.04. The number of nitrogens with zero attached hydrogens (tertiary/aromatic N) is 3. The van der Waals surface area contributed by atoms with Crippen LogP contribution >= 0.6 is 0 Å². The van der Waals surface area contributed by atoms with Crippen molar-refractivity contribution in [3.05, 3.63) is 36.2 Å². The van der Waals surface area contributed by atoms with Crippen molar-refractivity contribution in [1.29, 1.82) is 0 Å². The van der Waals surface area contributed by atoms with Crippen LogP contribution in [0, 0.1) is 5.41 Å². The molecule has 2 aliphatic rings. The summed E-state index contributed by atoms with van der Waals surface area (Å²) in [5.74, 6) is 0.0971. The lowest BCUT2D eigenvalue weighted by atomic mass is 9.71. The zero-order valence-electron chi connectivity index (χ0n) is 13.3. The van der Waals surface area contributed by atoms with Crippen LogP contribution in [0.15, 0.2) is 30.6 Å². The molecule has 2 aromatic rings. The summed E-state index contributed by atoms with van der Waals surface area (Å²) in [4.78, 5) is 23.6. The van der Waals surface area contributed by atoms with Crippen LogP contribution in [0.25, 0.3) is 11.0 Å². The molecule has 3 heterocycles. The third-order valence-electron chi connectivity index (χ3n) is 5.50. The van der Waals surface area contributed by atoms with Gasteiger partial charge in [0, 0.05) is 25.5 Å². The summed E-state index contributed by atoms with van der Waals surface area (Å²) in [6.45, 7) is 3.95. The van der Waals surface area contributed by atoms with Crippen LogP contribution in [0.5, 0.6) is 0 Å². The Balaban J connectivity index is 1.53. The molecule has 0 aliphatic carbocycles. The Hall–Kier alpha value is -2.01. The van der Waals surface area contributed by atoms with Gasteiger partial charge in [0.05, 0.1) is 11.1 Å². The molecule has 2 fully saturated rings. The molecule has 4 rings (SSSR count). The first-order valence-corrected chi connectivity index (χ1v) is 8.47. The first-order valence-electron chi connectivity index (χ1n) is 8.47. The zero-order valence-corrected chi connectivity index (χ0v) is 13.3.